The SMILES string of the molecule is C=NCC(CC)CNCC(CCC)c1ccc2c(c1)N(C(=O)Oc1ccc(F)cc1)CC(C)N2C(C)=O. The number of carbonyl (C=O) groups is 2. The summed E-state index contributed by atoms with van der Waals surface area (Å²) in [7, 11) is 0. The first-order valence-electron chi connectivity index (χ1n) is 13.1. The zero-order chi connectivity index (χ0) is 26.9. The molecule has 37 heavy (non-hydrogen) atoms. The molecule has 0 aromatic heterocycles. The first-order chi connectivity index (χ1) is 17.8. The molecular weight excluding hydrogens is 471 g/mol. The van der Waals surface area contributed by atoms with Crippen molar-refractivity contribution >= 4 is 30.1 Å². The van der Waals surface area contributed by atoms with E-state index in [-0.39, 0.29) is 23.6 Å². The topological polar surface area (TPSA) is 74.2 Å². The van der Waals surface area contributed by atoms with Gasteiger partial charge in [-0.3, -0.25) is 9.69 Å². The summed E-state index contributed by atoms with van der Waals surface area (Å²) in [6.07, 6.45) is 2.47. The van der Waals surface area contributed by atoms with Crippen LogP contribution in [0.1, 0.15) is 58.4 Å². The number of hydrogen-bond donors (Lipinski definition) is 1. The van der Waals surface area contributed by atoms with E-state index in [1.54, 1.807) is 9.80 Å². The summed E-state index contributed by atoms with van der Waals surface area (Å²) in [6, 6.07) is 11.1. The third kappa shape index (κ3) is 7.16. The molecule has 1 heterocycles. The highest BCUT2D eigenvalue weighted by atomic mass is 19.1. The summed E-state index contributed by atoms with van der Waals surface area (Å²) in [5, 5.41) is 3.60. The van der Waals surface area contributed by atoms with Gasteiger partial charge in [0.1, 0.15) is 11.6 Å². The third-order valence-corrected chi connectivity index (χ3v) is 6.91. The Labute approximate surface area is 219 Å². The molecule has 0 aliphatic carbocycles. The van der Waals surface area contributed by atoms with Crippen LogP contribution in [0.4, 0.5) is 20.6 Å². The van der Waals surface area contributed by atoms with Gasteiger partial charge in [-0.2, -0.15) is 0 Å². The summed E-state index contributed by atoms with van der Waals surface area (Å²) >= 11 is 0. The lowest BCUT2D eigenvalue weighted by atomic mass is 9.92. The van der Waals surface area contributed by atoms with Crippen LogP contribution in [0.3, 0.4) is 0 Å². The molecule has 1 aliphatic heterocycles. The Hall–Kier alpha value is -3.26. The van der Waals surface area contributed by atoms with Gasteiger partial charge in [0.2, 0.25) is 5.91 Å². The number of amides is 2. The zero-order valence-electron chi connectivity index (χ0n) is 22.4. The number of benzene rings is 2. The average Bonchev–Trinajstić information content (AvgIpc) is 2.87. The van der Waals surface area contributed by atoms with Crippen molar-refractivity contribution in [1.82, 2.24) is 5.32 Å². The van der Waals surface area contributed by atoms with E-state index in [1.165, 1.54) is 31.2 Å². The number of nitrogens with one attached hydrogen (secondary N) is 1. The predicted molar refractivity (Wildman–Crippen MR) is 148 cm³/mol. The van der Waals surface area contributed by atoms with Crippen LogP contribution in [0.2, 0.25) is 0 Å². The summed E-state index contributed by atoms with van der Waals surface area (Å²) in [4.78, 5) is 33.1. The highest BCUT2D eigenvalue weighted by molar-refractivity contribution is 6.02. The van der Waals surface area contributed by atoms with Gasteiger partial charge in [0.05, 0.1) is 17.4 Å². The molecule has 200 valence electrons. The van der Waals surface area contributed by atoms with E-state index in [2.05, 4.69) is 36.9 Å². The molecular formula is C29H39FN4O3. The van der Waals surface area contributed by atoms with E-state index in [0.717, 1.165) is 44.5 Å². The number of nitrogens with zero attached hydrogens (tertiary/aromatic N) is 3. The van der Waals surface area contributed by atoms with Gasteiger partial charge in [0.15, 0.2) is 0 Å². The number of fused-ring (bicyclic) bond motifs is 1. The minimum Gasteiger partial charge on any atom is -0.410 e. The van der Waals surface area contributed by atoms with E-state index in [4.69, 9.17) is 4.74 Å². The fraction of sp³-hybridized carbons (Fsp3) is 0.483. The molecule has 3 atom stereocenters. The number of rotatable bonds is 11. The molecule has 7 nitrogen and oxygen atoms in total. The summed E-state index contributed by atoms with van der Waals surface area (Å²) in [6.45, 7) is 14.1. The fourth-order valence-corrected chi connectivity index (χ4v) is 4.92. The lowest BCUT2D eigenvalue weighted by Crippen LogP contribution is -2.52. The van der Waals surface area contributed by atoms with E-state index in [9.17, 15) is 14.0 Å². The van der Waals surface area contributed by atoms with Gasteiger partial charge in [0, 0.05) is 26.6 Å². The number of carbonyl (C=O) groups excluding carboxylic acids is 2. The summed E-state index contributed by atoms with van der Waals surface area (Å²) < 4.78 is 18.9. The molecule has 1 N–H and O–H groups in total. The van der Waals surface area contributed by atoms with Crippen molar-refractivity contribution in [2.75, 3.05) is 36.0 Å². The van der Waals surface area contributed by atoms with Crippen LogP contribution < -0.4 is 19.9 Å². The molecule has 3 unspecified atom stereocenters. The van der Waals surface area contributed by atoms with Gasteiger partial charge in [0.25, 0.3) is 0 Å². The van der Waals surface area contributed by atoms with Crippen molar-refractivity contribution in [2.45, 2.75) is 58.9 Å². The molecule has 8 heteroatoms. The number of aliphatic imine (C=N–C) groups is 1. The smallest absolute Gasteiger partial charge is 0.410 e. The van der Waals surface area contributed by atoms with Crippen molar-refractivity contribution in [2.24, 2.45) is 10.9 Å². The Morgan fingerprint density at radius 2 is 1.89 bits per heavy atom. The number of ether oxygens (including phenoxy) is 1. The van der Waals surface area contributed by atoms with E-state index in [0.29, 0.717) is 23.8 Å². The maximum Gasteiger partial charge on any atom is 0.419 e. The largest absolute Gasteiger partial charge is 0.419 e. The normalized spacial score (nSPS) is 16.6. The van der Waals surface area contributed by atoms with E-state index < -0.39 is 11.9 Å². The molecule has 0 spiro atoms. The Morgan fingerprint density at radius 3 is 2.51 bits per heavy atom. The van der Waals surface area contributed by atoms with Gasteiger partial charge in [-0.25, -0.2) is 9.18 Å². The molecule has 0 bridgehead atoms. The van der Waals surface area contributed by atoms with Crippen molar-refractivity contribution in [1.29, 1.82) is 0 Å². The second kappa shape index (κ2) is 13.3. The molecule has 2 amide bonds. The van der Waals surface area contributed by atoms with Crippen LogP contribution in [0.5, 0.6) is 5.75 Å². The van der Waals surface area contributed by atoms with Crippen LogP contribution in [0, 0.1) is 11.7 Å². The van der Waals surface area contributed by atoms with Crippen LogP contribution in [-0.2, 0) is 4.79 Å². The molecule has 2 aromatic rings. The standard InChI is InChI=1S/C29H39FN4O3/c1-6-8-24(18-32-17-22(7-2)16-31-5)23-9-14-27-28(15-23)33(19-20(3)34(27)21(4)35)29(36)37-26-12-10-25(30)11-13-26/h9-15,20,22,24,32H,5-8,16-19H2,1-4H3. The minimum absolute atomic E-state index is 0.0822. The van der Waals surface area contributed by atoms with Crippen molar-refractivity contribution in [3.05, 3.63) is 53.8 Å². The van der Waals surface area contributed by atoms with Gasteiger partial charge < -0.3 is 19.9 Å². The van der Waals surface area contributed by atoms with Crippen LogP contribution in [-0.4, -0.2) is 50.9 Å². The Kier molecular flexibility index (Phi) is 10.2. The maximum atomic E-state index is 13.3. The Bertz CT molecular complexity index is 1080. The Morgan fingerprint density at radius 1 is 1.16 bits per heavy atom. The molecule has 1 aliphatic rings. The van der Waals surface area contributed by atoms with E-state index >= 15 is 0 Å². The first-order valence-corrected chi connectivity index (χ1v) is 13.1. The van der Waals surface area contributed by atoms with Crippen LogP contribution in [0.25, 0.3) is 0 Å². The quantitative estimate of drug-likeness (QED) is 0.389. The minimum atomic E-state index is -0.562. The number of halogens is 1. The summed E-state index contributed by atoms with van der Waals surface area (Å²) in [5.74, 6) is 0.467. The number of anilines is 2. The highest BCUT2D eigenvalue weighted by Crippen LogP contribution is 2.39. The maximum absolute atomic E-state index is 13.3. The van der Waals surface area contributed by atoms with Crippen molar-refractivity contribution in [3.8, 4) is 5.75 Å². The molecule has 0 saturated carbocycles. The van der Waals surface area contributed by atoms with Gasteiger partial charge >= 0.3 is 6.09 Å². The molecule has 0 fully saturated rings. The monoisotopic (exact) mass is 510 g/mol. The fourth-order valence-electron chi connectivity index (χ4n) is 4.92. The summed E-state index contributed by atoms with van der Waals surface area (Å²) in [5.41, 5.74) is 2.42. The van der Waals surface area contributed by atoms with Gasteiger partial charge in [-0.15, -0.1) is 0 Å². The molecule has 0 radical (unpaired) electrons. The van der Waals surface area contributed by atoms with Crippen molar-refractivity contribution in [3.63, 3.8) is 0 Å². The van der Waals surface area contributed by atoms with Gasteiger partial charge in [-0.05, 0) is 80.4 Å². The average molecular weight is 511 g/mol. The first kappa shape index (κ1) is 28.3. The molecule has 2 aromatic carbocycles. The second-order valence-electron chi connectivity index (χ2n) is 9.74. The zero-order valence-corrected chi connectivity index (χ0v) is 22.4. The Balaban J connectivity index is 1.89. The second-order valence-corrected chi connectivity index (χ2v) is 9.74. The highest BCUT2D eigenvalue weighted by Gasteiger charge is 2.35. The van der Waals surface area contributed by atoms with Crippen LogP contribution >= 0.6 is 0 Å². The van der Waals surface area contributed by atoms with E-state index in [1.807, 2.05) is 19.1 Å². The third-order valence-electron chi connectivity index (χ3n) is 6.91. The van der Waals surface area contributed by atoms with Crippen LogP contribution in [0.15, 0.2) is 47.5 Å². The lowest BCUT2D eigenvalue weighted by Gasteiger charge is -2.40. The molecule has 3 rings (SSSR count). The van der Waals surface area contributed by atoms with Gasteiger partial charge in [-0.1, -0.05) is 32.8 Å². The number of hydrogen-bond acceptors (Lipinski definition) is 5. The predicted octanol–water partition coefficient (Wildman–Crippen LogP) is 5.79. The molecule has 0 saturated heterocycles. The van der Waals surface area contributed by atoms with Crippen molar-refractivity contribution < 1.29 is 18.7 Å². The lowest BCUT2D eigenvalue weighted by molar-refractivity contribution is -0.117.